The van der Waals surface area contributed by atoms with E-state index in [0.29, 0.717) is 23.3 Å². The smallest absolute Gasteiger partial charge is 0.255 e. The highest BCUT2D eigenvalue weighted by Gasteiger charge is 2.43. The summed E-state index contributed by atoms with van der Waals surface area (Å²) in [6.45, 7) is 3.18. The van der Waals surface area contributed by atoms with E-state index in [1.54, 1.807) is 16.9 Å². The standard InChI is InChI=1S/C29H29F2N9O/c1-38-6-8-39(9-7-38)26-13-19(2-4-32-26)36-29-34-14-22-20(10-18-11-21(18)27(22)37-29)17-3-5-40-24(12-17)23(15-35-40)28(41)33-16-25(30)31/h2-5,10,12-15,18,21,25H,6-9,11,16H2,1H3,(H,33,41)(H,32,34,36,37)/t18-,21?/m1/s1. The lowest BCUT2D eigenvalue weighted by atomic mass is 9.91. The average molecular weight is 558 g/mol. The topological polar surface area (TPSA) is 104 Å². The highest BCUT2D eigenvalue weighted by atomic mass is 19.3. The number of nitrogens with one attached hydrogen (secondary N) is 2. The fraction of sp³-hybridized carbons (Fsp3) is 0.345. The number of amides is 1. The molecule has 1 saturated heterocycles. The Labute approximate surface area is 235 Å². The summed E-state index contributed by atoms with van der Waals surface area (Å²) in [4.78, 5) is 31.3. The number of carbonyl (C=O) groups is 1. The molecule has 2 aliphatic carbocycles. The molecule has 2 atom stereocenters. The third kappa shape index (κ3) is 4.99. The maximum Gasteiger partial charge on any atom is 0.255 e. The summed E-state index contributed by atoms with van der Waals surface area (Å²) in [5.74, 6) is 1.63. The first-order valence-corrected chi connectivity index (χ1v) is 13.7. The Morgan fingerprint density at radius 1 is 1.12 bits per heavy atom. The molecule has 0 aromatic carbocycles. The monoisotopic (exact) mass is 557 g/mol. The van der Waals surface area contributed by atoms with Gasteiger partial charge in [-0.1, -0.05) is 6.08 Å². The molecular weight excluding hydrogens is 528 g/mol. The summed E-state index contributed by atoms with van der Waals surface area (Å²) in [5, 5.41) is 9.85. The highest BCUT2D eigenvalue weighted by molar-refractivity contribution is 6.01. The number of fused-ring (bicyclic) bond motifs is 4. The van der Waals surface area contributed by atoms with E-state index in [9.17, 15) is 13.6 Å². The van der Waals surface area contributed by atoms with Crippen molar-refractivity contribution in [3.8, 4) is 0 Å². The maximum atomic E-state index is 12.6. The fourth-order valence-electron chi connectivity index (χ4n) is 5.64. The number of likely N-dealkylation sites (N-methyl/N-ethyl adjacent to an activating group) is 1. The molecule has 0 bridgehead atoms. The summed E-state index contributed by atoms with van der Waals surface area (Å²) in [6.07, 6.45) is 7.47. The Kier molecular flexibility index (Phi) is 6.34. The second-order valence-electron chi connectivity index (χ2n) is 10.8. The summed E-state index contributed by atoms with van der Waals surface area (Å²) in [6, 6.07) is 7.76. The van der Waals surface area contributed by atoms with Crippen LogP contribution in [-0.4, -0.2) is 81.6 Å². The molecule has 4 aromatic heterocycles. The van der Waals surface area contributed by atoms with E-state index in [2.05, 4.69) is 48.6 Å². The van der Waals surface area contributed by atoms with Gasteiger partial charge in [0.25, 0.3) is 12.3 Å². The molecule has 1 unspecified atom stereocenters. The molecular formula is C29H29F2N9O. The second-order valence-corrected chi connectivity index (χ2v) is 10.8. The van der Waals surface area contributed by atoms with E-state index in [4.69, 9.17) is 4.98 Å². The van der Waals surface area contributed by atoms with Gasteiger partial charge in [0.1, 0.15) is 5.82 Å². The molecule has 1 saturated carbocycles. The van der Waals surface area contributed by atoms with Gasteiger partial charge in [0.15, 0.2) is 0 Å². The Hall–Kier alpha value is -4.45. The third-order valence-electron chi connectivity index (χ3n) is 8.00. The minimum absolute atomic E-state index is 0.248. The molecule has 0 radical (unpaired) electrons. The largest absolute Gasteiger partial charge is 0.354 e. The van der Waals surface area contributed by atoms with E-state index >= 15 is 0 Å². The van der Waals surface area contributed by atoms with Gasteiger partial charge in [0, 0.05) is 68.0 Å². The molecule has 1 aliphatic heterocycles. The molecule has 2 fully saturated rings. The molecule has 2 N–H and O–H groups in total. The molecule has 41 heavy (non-hydrogen) atoms. The number of anilines is 3. The van der Waals surface area contributed by atoms with Crippen molar-refractivity contribution in [1.82, 2.24) is 34.8 Å². The van der Waals surface area contributed by atoms with Crippen LogP contribution in [0.2, 0.25) is 0 Å². The molecule has 12 heteroatoms. The molecule has 4 aromatic rings. The van der Waals surface area contributed by atoms with Crippen molar-refractivity contribution in [3.05, 3.63) is 77.5 Å². The van der Waals surface area contributed by atoms with Crippen LogP contribution in [0.1, 0.15) is 39.5 Å². The van der Waals surface area contributed by atoms with Gasteiger partial charge in [0.2, 0.25) is 5.95 Å². The van der Waals surface area contributed by atoms with Gasteiger partial charge in [-0.25, -0.2) is 28.2 Å². The first-order chi connectivity index (χ1) is 19.9. The number of rotatable bonds is 7. The predicted octanol–water partition coefficient (Wildman–Crippen LogP) is 3.56. The van der Waals surface area contributed by atoms with Crippen molar-refractivity contribution in [2.75, 3.05) is 50.0 Å². The number of aromatic nitrogens is 5. The molecule has 210 valence electrons. The van der Waals surface area contributed by atoms with E-state index in [-0.39, 0.29) is 5.56 Å². The minimum Gasteiger partial charge on any atom is -0.354 e. The van der Waals surface area contributed by atoms with Crippen LogP contribution in [-0.2, 0) is 0 Å². The van der Waals surface area contributed by atoms with Gasteiger partial charge < -0.3 is 20.4 Å². The molecule has 1 amide bonds. The Bertz CT molecular complexity index is 1660. The summed E-state index contributed by atoms with van der Waals surface area (Å²) < 4.78 is 26.8. The van der Waals surface area contributed by atoms with Crippen molar-refractivity contribution in [2.24, 2.45) is 5.92 Å². The number of hydrogen-bond acceptors (Lipinski definition) is 8. The summed E-state index contributed by atoms with van der Waals surface area (Å²) >= 11 is 0. The zero-order valence-electron chi connectivity index (χ0n) is 22.5. The van der Waals surface area contributed by atoms with Gasteiger partial charge in [-0.2, -0.15) is 5.10 Å². The van der Waals surface area contributed by atoms with Crippen LogP contribution in [0.15, 0.2) is 55.1 Å². The fourth-order valence-corrected chi connectivity index (χ4v) is 5.64. The van der Waals surface area contributed by atoms with Crippen LogP contribution in [0.25, 0.3) is 11.1 Å². The van der Waals surface area contributed by atoms with E-state index in [0.717, 1.165) is 66.5 Å². The van der Waals surface area contributed by atoms with Crippen molar-refractivity contribution in [2.45, 2.75) is 18.8 Å². The lowest BCUT2D eigenvalue weighted by Gasteiger charge is -2.33. The Balaban J connectivity index is 1.15. The van der Waals surface area contributed by atoms with Crippen LogP contribution in [0.3, 0.4) is 0 Å². The molecule has 5 heterocycles. The van der Waals surface area contributed by atoms with E-state index < -0.39 is 18.9 Å². The third-order valence-corrected chi connectivity index (χ3v) is 8.00. The molecule has 7 rings (SSSR count). The zero-order chi connectivity index (χ0) is 28.1. The maximum absolute atomic E-state index is 12.6. The van der Waals surface area contributed by atoms with Crippen LogP contribution >= 0.6 is 0 Å². The quantitative estimate of drug-likeness (QED) is 0.356. The first kappa shape index (κ1) is 25.5. The molecule has 10 nitrogen and oxygen atoms in total. The number of alkyl halides is 2. The predicted molar refractivity (Wildman–Crippen MR) is 151 cm³/mol. The van der Waals surface area contributed by atoms with Crippen molar-refractivity contribution in [3.63, 3.8) is 0 Å². The van der Waals surface area contributed by atoms with E-state index in [1.807, 2.05) is 30.5 Å². The molecule has 0 spiro atoms. The molecule has 3 aliphatic rings. The van der Waals surface area contributed by atoms with Crippen LogP contribution < -0.4 is 15.5 Å². The second kappa shape index (κ2) is 10.2. The zero-order valence-corrected chi connectivity index (χ0v) is 22.5. The lowest BCUT2D eigenvalue weighted by molar-refractivity contribution is 0.0893. The number of halogens is 2. The summed E-state index contributed by atoms with van der Waals surface area (Å²) in [7, 11) is 2.13. The normalized spacial score (nSPS) is 20.0. The lowest BCUT2D eigenvalue weighted by Crippen LogP contribution is -2.44. The van der Waals surface area contributed by atoms with Gasteiger partial charge in [0.05, 0.1) is 29.5 Å². The van der Waals surface area contributed by atoms with Crippen LogP contribution in [0.5, 0.6) is 0 Å². The number of pyridine rings is 2. The number of carbonyl (C=O) groups excluding carboxylic acids is 1. The van der Waals surface area contributed by atoms with Gasteiger partial charge >= 0.3 is 0 Å². The Morgan fingerprint density at radius 3 is 2.80 bits per heavy atom. The van der Waals surface area contributed by atoms with Gasteiger partial charge in [-0.05, 0) is 48.7 Å². The summed E-state index contributed by atoms with van der Waals surface area (Å²) in [5.41, 5.74) is 5.52. The Morgan fingerprint density at radius 2 is 1.98 bits per heavy atom. The van der Waals surface area contributed by atoms with Gasteiger partial charge in [-0.3, -0.25) is 4.79 Å². The SMILES string of the molecule is CN1CCN(c2cc(Nc3ncc4c(n3)C3C[C@H]3C=C4c3ccn4ncc(C(=O)NCC(F)F)c4c3)ccn2)CC1. The van der Waals surface area contributed by atoms with Crippen LogP contribution in [0, 0.1) is 5.92 Å². The number of hydrogen-bond donors (Lipinski definition) is 2. The number of allylic oxidation sites excluding steroid dienone is 1. The first-order valence-electron chi connectivity index (χ1n) is 13.7. The number of nitrogens with zero attached hydrogens (tertiary/aromatic N) is 7. The van der Waals surface area contributed by atoms with E-state index in [1.165, 1.54) is 6.20 Å². The average Bonchev–Trinajstić information content (AvgIpc) is 3.65. The highest BCUT2D eigenvalue weighted by Crippen LogP contribution is 2.55. The number of piperazine rings is 1. The minimum atomic E-state index is -2.62. The van der Waals surface area contributed by atoms with Crippen molar-refractivity contribution < 1.29 is 13.6 Å². The van der Waals surface area contributed by atoms with Crippen molar-refractivity contribution >= 4 is 34.5 Å². The van der Waals surface area contributed by atoms with Crippen molar-refractivity contribution in [1.29, 1.82) is 0 Å². The van der Waals surface area contributed by atoms with Gasteiger partial charge in [-0.15, -0.1) is 0 Å². The van der Waals surface area contributed by atoms with Crippen LogP contribution in [0.4, 0.5) is 26.2 Å².